The highest BCUT2D eigenvalue weighted by Gasteiger charge is 2.14. The van der Waals surface area contributed by atoms with Gasteiger partial charge in [-0.1, -0.05) is 90.4 Å². The van der Waals surface area contributed by atoms with Gasteiger partial charge in [0.1, 0.15) is 0 Å². The molecule has 6 nitrogen and oxygen atoms in total. The highest BCUT2D eigenvalue weighted by atomic mass is 31.2. The molecule has 0 aliphatic heterocycles. The smallest absolute Gasteiger partial charge is 0.381 e. The Morgan fingerprint density at radius 1 is 0.593 bits per heavy atom. The van der Waals surface area contributed by atoms with Gasteiger partial charge in [0.05, 0.1) is 6.61 Å². The van der Waals surface area contributed by atoms with E-state index < -0.39 is 7.82 Å². The summed E-state index contributed by atoms with van der Waals surface area (Å²) in [5, 5.41) is 0. The lowest BCUT2D eigenvalue weighted by atomic mass is 10.0. The van der Waals surface area contributed by atoms with E-state index in [1.54, 1.807) is 0 Å². The van der Waals surface area contributed by atoms with Gasteiger partial charge in [-0.3, -0.25) is 0 Å². The lowest BCUT2D eigenvalue weighted by Gasteiger charge is -2.05. The van der Waals surface area contributed by atoms with Crippen molar-refractivity contribution in [2.75, 3.05) is 19.8 Å². The lowest BCUT2D eigenvalue weighted by Crippen LogP contribution is -1.96. The maximum absolute atomic E-state index is 10.4. The van der Waals surface area contributed by atoms with E-state index in [-0.39, 0.29) is 6.61 Å². The molecule has 0 unspecified atom stereocenters. The van der Waals surface area contributed by atoms with Gasteiger partial charge in [0.25, 0.3) is 0 Å². The fourth-order valence-corrected chi connectivity index (χ4v) is 3.15. The summed E-state index contributed by atoms with van der Waals surface area (Å²) >= 11 is 0. The van der Waals surface area contributed by atoms with Crippen LogP contribution < -0.4 is 0 Å². The van der Waals surface area contributed by atoms with Crippen LogP contribution in [0.4, 0.5) is 0 Å². The van der Waals surface area contributed by atoms with Crippen LogP contribution in [0.5, 0.6) is 0 Å². The monoisotopic (exact) mass is 410 g/mol. The fourth-order valence-electron chi connectivity index (χ4n) is 2.94. The topological polar surface area (TPSA) is 85.2 Å². The maximum Gasteiger partial charge on any atom is 0.496 e. The molecular formula is C20H43O6P. The predicted molar refractivity (Wildman–Crippen MR) is 109 cm³/mol. The number of ether oxygens (including phenoxy) is 1. The highest BCUT2D eigenvalue weighted by molar-refractivity contribution is 7.46. The Kier molecular flexibility index (Phi) is 20.8. The maximum atomic E-state index is 10.4. The molecule has 0 bridgehead atoms. The first kappa shape index (κ1) is 27.0. The molecule has 0 radical (unpaired) electrons. The zero-order valence-corrected chi connectivity index (χ0v) is 18.3. The second-order valence-corrected chi connectivity index (χ2v) is 8.43. The quantitative estimate of drug-likeness (QED) is 0.0942. The van der Waals surface area contributed by atoms with Gasteiger partial charge in [-0.25, -0.2) is 9.45 Å². The second kappa shape index (κ2) is 20.8. The number of rotatable bonds is 22. The van der Waals surface area contributed by atoms with E-state index in [0.717, 1.165) is 32.5 Å². The summed E-state index contributed by atoms with van der Waals surface area (Å²) < 4.78 is 19.9. The summed E-state index contributed by atoms with van der Waals surface area (Å²) in [6.45, 7) is 4.30. The molecule has 2 N–H and O–H groups in total. The Hall–Kier alpha value is 0.0300. The molecule has 0 aromatic carbocycles. The molecular weight excluding hydrogens is 367 g/mol. The summed E-state index contributed by atoms with van der Waals surface area (Å²) in [6.07, 6.45) is 19.8. The first-order valence-electron chi connectivity index (χ1n) is 11.0. The minimum Gasteiger partial charge on any atom is -0.381 e. The predicted octanol–water partition coefficient (Wildman–Crippen LogP) is 6.31. The van der Waals surface area contributed by atoms with Crippen molar-refractivity contribution in [1.29, 1.82) is 0 Å². The first-order valence-corrected chi connectivity index (χ1v) is 12.5. The average molecular weight is 411 g/mol. The van der Waals surface area contributed by atoms with Crippen molar-refractivity contribution in [3.8, 4) is 0 Å². The molecule has 0 amide bonds. The van der Waals surface area contributed by atoms with Gasteiger partial charge in [0.2, 0.25) is 0 Å². The van der Waals surface area contributed by atoms with Crippen molar-refractivity contribution in [3.63, 3.8) is 0 Å². The molecule has 0 spiro atoms. The van der Waals surface area contributed by atoms with Crippen molar-refractivity contribution in [2.24, 2.45) is 0 Å². The van der Waals surface area contributed by atoms with E-state index in [9.17, 15) is 4.57 Å². The third-order valence-corrected chi connectivity index (χ3v) is 4.86. The van der Waals surface area contributed by atoms with Crippen LogP contribution in [0.1, 0.15) is 110 Å². The second-order valence-electron chi connectivity index (χ2n) is 7.30. The summed E-state index contributed by atoms with van der Waals surface area (Å²) in [6, 6.07) is 0. The summed E-state index contributed by atoms with van der Waals surface area (Å²) in [4.78, 5) is 21.3. The SMILES string of the molecule is CCCCOCCCCCCCCCCCCCCCCOOP(=O)(O)O. The highest BCUT2D eigenvalue weighted by Crippen LogP contribution is 2.35. The Morgan fingerprint density at radius 3 is 1.37 bits per heavy atom. The molecule has 164 valence electrons. The third kappa shape index (κ3) is 26.0. The van der Waals surface area contributed by atoms with Gasteiger partial charge in [0.15, 0.2) is 0 Å². The molecule has 0 aliphatic carbocycles. The number of phosphoric acid groups is 1. The Balaban J connectivity index is 3.02. The summed E-state index contributed by atoms with van der Waals surface area (Å²) in [7, 11) is -4.49. The number of hydrogen-bond acceptors (Lipinski definition) is 4. The summed E-state index contributed by atoms with van der Waals surface area (Å²) in [5.74, 6) is 0. The van der Waals surface area contributed by atoms with Crippen LogP contribution in [0, 0.1) is 0 Å². The average Bonchev–Trinajstić information content (AvgIpc) is 2.62. The van der Waals surface area contributed by atoms with E-state index >= 15 is 0 Å². The third-order valence-electron chi connectivity index (χ3n) is 4.56. The molecule has 7 heteroatoms. The van der Waals surface area contributed by atoms with Crippen molar-refractivity contribution >= 4 is 7.82 Å². The van der Waals surface area contributed by atoms with Crippen LogP contribution >= 0.6 is 7.82 Å². The van der Waals surface area contributed by atoms with Gasteiger partial charge >= 0.3 is 7.82 Å². The fraction of sp³-hybridized carbons (Fsp3) is 1.00. The molecule has 0 aromatic rings. The molecule has 0 aliphatic rings. The standard InChI is InChI=1S/C20H43O6P/c1-2-3-18-24-19-16-14-12-10-8-6-4-5-7-9-11-13-15-17-20-25-26-27(21,22)23/h2-20H2,1H3,(H2,21,22,23). The van der Waals surface area contributed by atoms with E-state index in [2.05, 4.69) is 16.5 Å². The zero-order chi connectivity index (χ0) is 20.1. The van der Waals surface area contributed by atoms with Crippen LogP contribution in [-0.2, 0) is 18.9 Å². The van der Waals surface area contributed by atoms with Crippen LogP contribution in [0.15, 0.2) is 0 Å². The van der Waals surface area contributed by atoms with Crippen LogP contribution in [0.25, 0.3) is 0 Å². The van der Waals surface area contributed by atoms with Gasteiger partial charge in [0, 0.05) is 13.2 Å². The molecule has 0 heterocycles. The molecule has 0 saturated carbocycles. The normalized spacial score (nSPS) is 12.0. The molecule has 27 heavy (non-hydrogen) atoms. The van der Waals surface area contributed by atoms with Crippen molar-refractivity contribution in [1.82, 2.24) is 0 Å². The Labute approximate surface area is 166 Å². The van der Waals surface area contributed by atoms with E-state index in [1.807, 2.05) is 0 Å². The van der Waals surface area contributed by atoms with Gasteiger partial charge in [-0.15, -0.1) is 4.67 Å². The van der Waals surface area contributed by atoms with Gasteiger partial charge in [-0.2, -0.15) is 0 Å². The van der Waals surface area contributed by atoms with Crippen LogP contribution in [0.3, 0.4) is 0 Å². The van der Waals surface area contributed by atoms with Gasteiger partial charge in [-0.05, 0) is 19.3 Å². The molecule has 0 aromatic heterocycles. The van der Waals surface area contributed by atoms with Crippen LogP contribution in [-0.4, -0.2) is 29.6 Å². The lowest BCUT2D eigenvalue weighted by molar-refractivity contribution is -0.222. The largest absolute Gasteiger partial charge is 0.496 e. The molecule has 0 atom stereocenters. The van der Waals surface area contributed by atoms with Crippen molar-refractivity contribution in [3.05, 3.63) is 0 Å². The minimum absolute atomic E-state index is 0.233. The zero-order valence-electron chi connectivity index (χ0n) is 17.4. The van der Waals surface area contributed by atoms with E-state index in [4.69, 9.17) is 14.5 Å². The Bertz CT molecular complexity index is 334. The van der Waals surface area contributed by atoms with Crippen molar-refractivity contribution in [2.45, 2.75) is 110 Å². The Morgan fingerprint density at radius 2 is 0.963 bits per heavy atom. The number of hydrogen-bond donors (Lipinski definition) is 2. The van der Waals surface area contributed by atoms with E-state index in [1.165, 1.54) is 83.5 Å². The molecule has 0 fully saturated rings. The molecule has 0 rings (SSSR count). The first-order chi connectivity index (χ1) is 13.1. The summed E-state index contributed by atoms with van der Waals surface area (Å²) in [5.41, 5.74) is 0. The van der Waals surface area contributed by atoms with Gasteiger partial charge < -0.3 is 14.5 Å². The number of unbranched alkanes of at least 4 members (excludes halogenated alkanes) is 14. The van der Waals surface area contributed by atoms with Crippen molar-refractivity contribution < 1.29 is 28.7 Å². The molecule has 0 saturated heterocycles. The van der Waals surface area contributed by atoms with E-state index in [0.29, 0.717) is 0 Å². The minimum atomic E-state index is -4.49. The van der Waals surface area contributed by atoms with Crippen LogP contribution in [0.2, 0.25) is 0 Å².